The summed E-state index contributed by atoms with van der Waals surface area (Å²) in [4.78, 5) is 0. The van der Waals surface area contributed by atoms with Crippen molar-refractivity contribution in [2.75, 3.05) is 5.75 Å². The highest BCUT2D eigenvalue weighted by Gasteiger charge is 2.12. The molecule has 102 valence electrons. The Hall–Kier alpha value is -1.40. The zero-order valence-corrected chi connectivity index (χ0v) is 12.1. The number of hydrogen-bond donors (Lipinski definition) is 1. The molecule has 0 aliphatic rings. The Morgan fingerprint density at radius 1 is 1.26 bits per heavy atom. The van der Waals surface area contributed by atoms with Crippen LogP contribution >= 0.6 is 11.8 Å². The molecule has 5 nitrogen and oxygen atoms in total. The fourth-order valence-corrected chi connectivity index (χ4v) is 2.63. The Kier molecular flexibility index (Phi) is 4.55. The van der Waals surface area contributed by atoms with Crippen molar-refractivity contribution in [1.82, 2.24) is 20.2 Å². The van der Waals surface area contributed by atoms with Gasteiger partial charge in [-0.15, -0.1) is 5.10 Å². The van der Waals surface area contributed by atoms with Crippen molar-refractivity contribution in [2.24, 2.45) is 5.73 Å². The van der Waals surface area contributed by atoms with E-state index in [0.717, 1.165) is 17.3 Å². The van der Waals surface area contributed by atoms with Crippen molar-refractivity contribution in [2.45, 2.75) is 31.7 Å². The maximum atomic E-state index is 5.96. The minimum absolute atomic E-state index is 0.164. The van der Waals surface area contributed by atoms with Crippen LogP contribution in [0, 0.1) is 0 Å². The minimum Gasteiger partial charge on any atom is -0.325 e. The Bertz CT molecular complexity index is 503. The quantitative estimate of drug-likeness (QED) is 0.870. The summed E-state index contributed by atoms with van der Waals surface area (Å²) >= 11 is 1.75. The molecule has 0 saturated heterocycles. The van der Waals surface area contributed by atoms with E-state index in [2.05, 4.69) is 27.7 Å². The van der Waals surface area contributed by atoms with E-state index >= 15 is 0 Å². The van der Waals surface area contributed by atoms with Crippen LogP contribution < -0.4 is 5.73 Å². The van der Waals surface area contributed by atoms with Crippen LogP contribution in [-0.4, -0.2) is 31.5 Å². The molecule has 0 saturated carbocycles. The molecule has 0 amide bonds. The number of benzene rings is 1. The van der Waals surface area contributed by atoms with Crippen molar-refractivity contribution in [3.8, 4) is 0 Å². The first kappa shape index (κ1) is 14.0. The minimum atomic E-state index is -0.164. The average molecular weight is 277 g/mol. The van der Waals surface area contributed by atoms with E-state index in [4.69, 9.17) is 5.73 Å². The molecule has 0 aliphatic heterocycles. The van der Waals surface area contributed by atoms with E-state index in [-0.39, 0.29) is 5.54 Å². The third-order valence-electron chi connectivity index (χ3n) is 2.49. The van der Waals surface area contributed by atoms with E-state index < -0.39 is 0 Å². The molecule has 2 N–H and O–H groups in total. The predicted molar refractivity (Wildman–Crippen MR) is 77.8 cm³/mol. The molecule has 0 fully saturated rings. The second-order valence-corrected chi connectivity index (χ2v) is 6.21. The van der Waals surface area contributed by atoms with E-state index in [1.54, 1.807) is 11.8 Å². The van der Waals surface area contributed by atoms with Gasteiger partial charge >= 0.3 is 0 Å². The molecule has 1 aromatic carbocycles. The van der Waals surface area contributed by atoms with Gasteiger partial charge in [0.2, 0.25) is 0 Å². The summed E-state index contributed by atoms with van der Waals surface area (Å²) in [5.41, 5.74) is 6.99. The number of thioether (sulfide) groups is 1. The van der Waals surface area contributed by atoms with Gasteiger partial charge in [0, 0.05) is 11.3 Å². The molecule has 0 bridgehead atoms. The van der Waals surface area contributed by atoms with Crippen LogP contribution in [0.3, 0.4) is 0 Å². The number of aromatic nitrogens is 4. The fraction of sp³-hybridized carbons (Fsp3) is 0.462. The van der Waals surface area contributed by atoms with Crippen molar-refractivity contribution in [3.63, 3.8) is 0 Å². The lowest BCUT2D eigenvalue weighted by Gasteiger charge is -2.17. The first-order valence-electron chi connectivity index (χ1n) is 6.20. The number of hydrogen-bond acceptors (Lipinski definition) is 5. The highest BCUT2D eigenvalue weighted by Crippen LogP contribution is 2.15. The third-order valence-corrected chi connectivity index (χ3v) is 3.90. The molecular weight excluding hydrogens is 258 g/mol. The Balaban J connectivity index is 1.94. The van der Waals surface area contributed by atoms with E-state index in [1.807, 2.05) is 36.7 Å². The van der Waals surface area contributed by atoms with Gasteiger partial charge in [-0.2, -0.15) is 11.8 Å². The highest BCUT2D eigenvalue weighted by atomic mass is 32.2. The van der Waals surface area contributed by atoms with Crippen LogP contribution in [0.5, 0.6) is 0 Å². The second kappa shape index (κ2) is 6.16. The lowest BCUT2D eigenvalue weighted by molar-refractivity contribution is 0.590. The maximum Gasteiger partial charge on any atom is 0.161 e. The molecule has 6 heteroatoms. The predicted octanol–water partition coefficient (Wildman–Crippen LogP) is 1.69. The molecule has 0 spiro atoms. The smallest absolute Gasteiger partial charge is 0.161 e. The molecule has 1 aromatic heterocycles. The standard InChI is InChI=1S/C13H19N5S/c1-13(2,14)10-19-9-12-15-16-17-18(12)8-11-6-4-3-5-7-11/h3-7H,8-10,14H2,1-2H3. The molecule has 1 heterocycles. The summed E-state index contributed by atoms with van der Waals surface area (Å²) in [5, 5.41) is 11.9. The van der Waals surface area contributed by atoms with Crippen molar-refractivity contribution >= 4 is 11.8 Å². The monoisotopic (exact) mass is 277 g/mol. The van der Waals surface area contributed by atoms with Crippen LogP contribution in [0.25, 0.3) is 0 Å². The van der Waals surface area contributed by atoms with E-state index in [0.29, 0.717) is 6.54 Å². The first-order valence-corrected chi connectivity index (χ1v) is 7.36. The molecule has 2 rings (SSSR count). The lowest BCUT2D eigenvalue weighted by Crippen LogP contribution is -2.34. The molecule has 0 radical (unpaired) electrons. The maximum absolute atomic E-state index is 5.96. The van der Waals surface area contributed by atoms with Gasteiger partial charge in [0.05, 0.1) is 12.3 Å². The largest absolute Gasteiger partial charge is 0.325 e. The Morgan fingerprint density at radius 3 is 2.68 bits per heavy atom. The summed E-state index contributed by atoms with van der Waals surface area (Å²) in [7, 11) is 0. The number of tetrazole rings is 1. The normalized spacial score (nSPS) is 11.7. The third kappa shape index (κ3) is 4.65. The lowest BCUT2D eigenvalue weighted by atomic mass is 10.1. The number of nitrogens with zero attached hydrogens (tertiary/aromatic N) is 4. The SMILES string of the molecule is CC(C)(N)CSCc1nnnn1Cc1ccccc1. The van der Waals surface area contributed by atoms with Gasteiger partial charge in [-0.25, -0.2) is 4.68 Å². The van der Waals surface area contributed by atoms with Crippen molar-refractivity contribution < 1.29 is 0 Å². The number of nitrogens with two attached hydrogens (primary N) is 1. The van der Waals surface area contributed by atoms with Crippen molar-refractivity contribution in [1.29, 1.82) is 0 Å². The molecular formula is C13H19N5S. The van der Waals surface area contributed by atoms with Crippen LogP contribution in [0.4, 0.5) is 0 Å². The Labute approximate surface area is 117 Å². The summed E-state index contributed by atoms with van der Waals surface area (Å²) in [6.45, 7) is 4.75. The molecule has 0 aliphatic carbocycles. The topological polar surface area (TPSA) is 69.6 Å². The van der Waals surface area contributed by atoms with Gasteiger partial charge in [0.15, 0.2) is 5.82 Å². The molecule has 2 aromatic rings. The van der Waals surface area contributed by atoms with Crippen LogP contribution in [0.2, 0.25) is 0 Å². The van der Waals surface area contributed by atoms with Gasteiger partial charge in [0.25, 0.3) is 0 Å². The Morgan fingerprint density at radius 2 is 2.00 bits per heavy atom. The molecule has 0 atom stereocenters. The van der Waals surface area contributed by atoms with Gasteiger partial charge in [-0.3, -0.25) is 0 Å². The fourth-order valence-electron chi connectivity index (χ4n) is 1.61. The van der Waals surface area contributed by atoms with Gasteiger partial charge < -0.3 is 5.73 Å². The summed E-state index contributed by atoms with van der Waals surface area (Å²) < 4.78 is 1.84. The van der Waals surface area contributed by atoms with E-state index in [1.165, 1.54) is 5.56 Å². The van der Waals surface area contributed by atoms with Gasteiger partial charge in [-0.05, 0) is 29.8 Å². The van der Waals surface area contributed by atoms with Gasteiger partial charge in [0.1, 0.15) is 0 Å². The second-order valence-electron chi connectivity index (χ2n) is 5.22. The molecule has 19 heavy (non-hydrogen) atoms. The van der Waals surface area contributed by atoms with E-state index in [9.17, 15) is 0 Å². The first-order chi connectivity index (χ1) is 9.04. The van der Waals surface area contributed by atoms with Crippen LogP contribution in [0.1, 0.15) is 25.2 Å². The summed E-state index contributed by atoms with van der Waals surface area (Å²) in [5.74, 6) is 2.55. The summed E-state index contributed by atoms with van der Waals surface area (Å²) in [6.07, 6.45) is 0. The molecule has 0 unspecified atom stereocenters. The zero-order chi connectivity index (χ0) is 13.7. The average Bonchev–Trinajstić information content (AvgIpc) is 2.76. The van der Waals surface area contributed by atoms with Crippen molar-refractivity contribution in [3.05, 3.63) is 41.7 Å². The number of rotatable bonds is 6. The zero-order valence-electron chi connectivity index (χ0n) is 11.3. The van der Waals surface area contributed by atoms with Crippen LogP contribution in [0.15, 0.2) is 30.3 Å². The highest BCUT2D eigenvalue weighted by molar-refractivity contribution is 7.98. The summed E-state index contributed by atoms with van der Waals surface area (Å²) in [6, 6.07) is 10.2. The van der Waals surface area contributed by atoms with Gasteiger partial charge in [-0.1, -0.05) is 30.3 Å². The van der Waals surface area contributed by atoms with Crippen LogP contribution in [-0.2, 0) is 12.3 Å².